The lowest BCUT2D eigenvalue weighted by Gasteiger charge is -2.39. The van der Waals surface area contributed by atoms with Crippen LogP contribution in [0.15, 0.2) is 35.1 Å². The van der Waals surface area contributed by atoms with Gasteiger partial charge < -0.3 is 20.4 Å². The summed E-state index contributed by atoms with van der Waals surface area (Å²) < 4.78 is 57.7. The highest BCUT2D eigenvalue weighted by Crippen LogP contribution is 2.36. The highest BCUT2D eigenvalue weighted by Gasteiger charge is 2.43. The van der Waals surface area contributed by atoms with Crippen LogP contribution in [-0.4, -0.2) is 77.2 Å². The van der Waals surface area contributed by atoms with E-state index in [9.17, 15) is 27.2 Å². The molecule has 7 nitrogen and oxygen atoms in total. The largest absolute Gasteiger partial charge is 0.384 e. The Morgan fingerprint density at radius 1 is 1.05 bits per heavy atom. The maximum absolute atomic E-state index is 14.9. The molecule has 38 heavy (non-hydrogen) atoms. The number of aromatic nitrogens is 1. The second-order valence-corrected chi connectivity index (χ2v) is 10.8. The summed E-state index contributed by atoms with van der Waals surface area (Å²) in [7, 11) is 0. The van der Waals surface area contributed by atoms with Gasteiger partial charge in [0.15, 0.2) is 0 Å². The van der Waals surface area contributed by atoms with Gasteiger partial charge in [0.2, 0.25) is 0 Å². The average Bonchev–Trinajstić information content (AvgIpc) is 2.84. The van der Waals surface area contributed by atoms with Gasteiger partial charge in [0.1, 0.15) is 0 Å². The molecule has 2 amide bonds. The lowest BCUT2D eigenvalue weighted by Crippen LogP contribution is -2.54. The van der Waals surface area contributed by atoms with Crippen molar-refractivity contribution in [3.8, 4) is 0 Å². The Kier molecular flexibility index (Phi) is 8.20. The zero-order valence-electron chi connectivity index (χ0n) is 21.2. The minimum absolute atomic E-state index is 0.0239. The summed E-state index contributed by atoms with van der Waals surface area (Å²) in [5, 5.41) is 6.28. The Bertz CT molecular complexity index is 1200. The van der Waals surface area contributed by atoms with Gasteiger partial charge in [-0.2, -0.15) is 0 Å². The maximum Gasteiger partial charge on any atom is 0.267 e. The van der Waals surface area contributed by atoms with Crippen molar-refractivity contribution in [2.45, 2.75) is 51.0 Å². The summed E-state index contributed by atoms with van der Waals surface area (Å²) in [6, 6.07) is 4.08. The number of carbonyl (C=O) groups is 2. The lowest BCUT2D eigenvalue weighted by atomic mass is 9.98. The highest BCUT2D eigenvalue weighted by atomic mass is 79.9. The van der Waals surface area contributed by atoms with E-state index in [0.29, 0.717) is 22.4 Å². The number of carbonyl (C=O) groups excluding carboxylic acids is 2. The van der Waals surface area contributed by atoms with E-state index in [-0.39, 0.29) is 30.8 Å². The molecule has 1 aromatic heterocycles. The number of alkyl halides is 4. The van der Waals surface area contributed by atoms with Gasteiger partial charge >= 0.3 is 0 Å². The molecule has 2 aliphatic rings. The van der Waals surface area contributed by atoms with Crippen molar-refractivity contribution in [3.63, 3.8) is 0 Å². The number of amides is 2. The van der Waals surface area contributed by atoms with Gasteiger partial charge in [-0.1, -0.05) is 0 Å². The molecule has 2 aromatic rings. The molecular formula is C26H30BrF4N5O2. The van der Waals surface area contributed by atoms with E-state index in [1.54, 1.807) is 19.1 Å². The van der Waals surface area contributed by atoms with Crippen molar-refractivity contribution in [2.75, 3.05) is 43.4 Å². The predicted molar refractivity (Wildman–Crippen MR) is 140 cm³/mol. The number of anilines is 2. The molecule has 0 radical (unpaired) electrons. The maximum atomic E-state index is 14.9. The molecule has 206 valence electrons. The Morgan fingerprint density at radius 2 is 1.76 bits per heavy atom. The number of hydrogen-bond acceptors (Lipinski definition) is 5. The zero-order valence-corrected chi connectivity index (χ0v) is 22.8. The highest BCUT2D eigenvalue weighted by molar-refractivity contribution is 9.10. The van der Waals surface area contributed by atoms with Crippen LogP contribution in [0, 0.1) is 6.92 Å². The lowest BCUT2D eigenvalue weighted by molar-refractivity contribution is -0.0598. The van der Waals surface area contributed by atoms with E-state index in [4.69, 9.17) is 0 Å². The molecule has 3 heterocycles. The number of rotatable bonds is 6. The molecular weight excluding hydrogens is 570 g/mol. The second kappa shape index (κ2) is 11.1. The van der Waals surface area contributed by atoms with Crippen LogP contribution in [0.2, 0.25) is 0 Å². The van der Waals surface area contributed by atoms with Crippen LogP contribution >= 0.6 is 15.9 Å². The monoisotopic (exact) mass is 599 g/mol. The molecule has 2 fully saturated rings. The first-order valence-electron chi connectivity index (χ1n) is 12.5. The third kappa shape index (κ3) is 6.57. The van der Waals surface area contributed by atoms with Crippen LogP contribution in [-0.2, 0) is 0 Å². The fraction of sp³-hybridized carbons (Fsp3) is 0.500. The van der Waals surface area contributed by atoms with Crippen molar-refractivity contribution < 1.29 is 27.2 Å². The van der Waals surface area contributed by atoms with Gasteiger partial charge in [-0.05, 0) is 53.5 Å². The first-order valence-corrected chi connectivity index (χ1v) is 13.3. The van der Waals surface area contributed by atoms with Crippen LogP contribution < -0.4 is 10.6 Å². The standard InChI is InChI=1S/C26H30BrF4N5O2/c1-3-33-21-9-16(2)8-20(24(38)35-6-4-25(28,29)5-7-35)22(21)34-19-11-26(30,31)15-36(14-19)23(37)17-10-18(27)13-32-12-17/h8-10,12-13,19,33-34H,3-7,11,14-15H2,1-2H3/t19-/m1/s1. The van der Waals surface area contributed by atoms with E-state index in [0.717, 1.165) is 10.5 Å². The van der Waals surface area contributed by atoms with Crippen LogP contribution in [0.3, 0.4) is 0 Å². The van der Waals surface area contributed by atoms with Gasteiger partial charge in [0.05, 0.1) is 29.0 Å². The number of pyridine rings is 1. The van der Waals surface area contributed by atoms with Gasteiger partial charge in [0.25, 0.3) is 23.7 Å². The quantitative estimate of drug-likeness (QED) is 0.434. The number of likely N-dealkylation sites (tertiary alicyclic amines) is 2. The first kappa shape index (κ1) is 28.1. The Labute approximate surface area is 227 Å². The minimum Gasteiger partial charge on any atom is -0.384 e. The number of halogens is 5. The molecule has 12 heteroatoms. The van der Waals surface area contributed by atoms with Gasteiger partial charge in [0, 0.05) is 68.3 Å². The average molecular weight is 600 g/mol. The Morgan fingerprint density at radius 3 is 2.42 bits per heavy atom. The third-order valence-electron chi connectivity index (χ3n) is 6.66. The summed E-state index contributed by atoms with van der Waals surface area (Å²) in [5.74, 6) is -7.00. The molecule has 4 rings (SSSR count). The molecule has 0 unspecified atom stereocenters. The topological polar surface area (TPSA) is 77.6 Å². The number of benzene rings is 1. The summed E-state index contributed by atoms with van der Waals surface area (Å²) in [4.78, 5) is 33.0. The van der Waals surface area contributed by atoms with Crippen LogP contribution in [0.25, 0.3) is 0 Å². The molecule has 2 saturated heterocycles. The molecule has 1 atom stereocenters. The Balaban J connectivity index is 1.63. The van der Waals surface area contributed by atoms with Crippen LogP contribution in [0.1, 0.15) is 52.5 Å². The van der Waals surface area contributed by atoms with Crippen molar-refractivity contribution in [3.05, 3.63) is 51.8 Å². The van der Waals surface area contributed by atoms with Gasteiger partial charge in [-0.15, -0.1) is 0 Å². The zero-order chi connectivity index (χ0) is 27.7. The van der Waals surface area contributed by atoms with Crippen molar-refractivity contribution >= 4 is 39.1 Å². The van der Waals surface area contributed by atoms with E-state index in [1.165, 1.54) is 23.4 Å². The SMILES string of the molecule is CCNc1cc(C)cc(C(=O)N2CCC(F)(F)CC2)c1N[C@H]1CN(C(=O)c2cncc(Br)c2)CC(F)(F)C1. The summed E-state index contributed by atoms with van der Waals surface area (Å²) >= 11 is 3.24. The number of nitrogens with one attached hydrogen (secondary N) is 2. The summed E-state index contributed by atoms with van der Waals surface area (Å²) in [5.41, 5.74) is 2.01. The van der Waals surface area contributed by atoms with E-state index in [1.807, 2.05) is 6.92 Å². The molecule has 0 aliphatic carbocycles. The number of aryl methyl sites for hydroxylation is 1. The molecule has 2 N–H and O–H groups in total. The fourth-order valence-corrected chi connectivity index (χ4v) is 5.28. The molecule has 0 saturated carbocycles. The molecule has 1 aromatic carbocycles. The van der Waals surface area contributed by atoms with Crippen molar-refractivity contribution in [1.29, 1.82) is 0 Å². The van der Waals surface area contributed by atoms with E-state index < -0.39 is 55.5 Å². The van der Waals surface area contributed by atoms with Crippen LogP contribution in [0.4, 0.5) is 28.9 Å². The first-order chi connectivity index (χ1) is 17.9. The summed E-state index contributed by atoms with van der Waals surface area (Å²) in [6.07, 6.45) is 1.42. The van der Waals surface area contributed by atoms with E-state index >= 15 is 0 Å². The van der Waals surface area contributed by atoms with Crippen LogP contribution in [0.5, 0.6) is 0 Å². The second-order valence-electron chi connectivity index (χ2n) is 9.89. The summed E-state index contributed by atoms with van der Waals surface area (Å²) in [6.45, 7) is 3.21. The third-order valence-corrected chi connectivity index (χ3v) is 7.09. The Hall–Kier alpha value is -2.89. The number of piperidine rings is 2. The number of nitrogens with zero attached hydrogens (tertiary/aromatic N) is 3. The normalized spacial score (nSPS) is 20.7. The van der Waals surface area contributed by atoms with E-state index in [2.05, 4.69) is 31.5 Å². The minimum atomic E-state index is -3.17. The van der Waals surface area contributed by atoms with Gasteiger partial charge in [-0.25, -0.2) is 17.6 Å². The number of hydrogen-bond donors (Lipinski definition) is 2. The predicted octanol–water partition coefficient (Wildman–Crippen LogP) is 5.42. The van der Waals surface area contributed by atoms with Gasteiger partial charge in [-0.3, -0.25) is 14.6 Å². The smallest absolute Gasteiger partial charge is 0.267 e. The molecule has 2 aliphatic heterocycles. The van der Waals surface area contributed by atoms with Crippen molar-refractivity contribution in [2.24, 2.45) is 0 Å². The molecule has 0 spiro atoms. The van der Waals surface area contributed by atoms with Crippen molar-refractivity contribution in [1.82, 2.24) is 14.8 Å². The fourth-order valence-electron chi connectivity index (χ4n) is 4.91. The molecule has 0 bridgehead atoms.